The van der Waals surface area contributed by atoms with Crippen molar-refractivity contribution in [2.24, 2.45) is 11.1 Å². The monoisotopic (exact) mass is 427 g/mol. The fourth-order valence-corrected chi connectivity index (χ4v) is 5.65. The normalized spacial score (nSPS) is 20.8. The molecule has 2 aromatic carbocycles. The van der Waals surface area contributed by atoms with E-state index in [0.29, 0.717) is 6.04 Å². The van der Waals surface area contributed by atoms with Crippen molar-refractivity contribution < 1.29 is 8.42 Å². The Morgan fingerprint density at radius 1 is 1.13 bits per heavy atom. The van der Waals surface area contributed by atoms with Crippen molar-refractivity contribution in [3.05, 3.63) is 64.7 Å². The number of nitrogens with two attached hydrogens (primary N) is 1. The molecular formula is C24H33N3O2S. The van der Waals surface area contributed by atoms with Gasteiger partial charge in [0.15, 0.2) is 0 Å². The van der Waals surface area contributed by atoms with E-state index in [0.717, 1.165) is 36.6 Å². The summed E-state index contributed by atoms with van der Waals surface area (Å²) in [4.78, 5) is 0.192. The SMILES string of the molecule is C[C@@H](CC1CCCC1)NCc1ccccc1C1NCCc2cc(S(N)(=O)=O)ccc21. The maximum atomic E-state index is 11.8. The molecule has 0 bridgehead atoms. The molecule has 0 amide bonds. The Kier molecular flexibility index (Phi) is 6.58. The average molecular weight is 428 g/mol. The Morgan fingerprint density at radius 3 is 2.67 bits per heavy atom. The molecule has 5 nitrogen and oxygen atoms in total. The number of sulfonamides is 1. The summed E-state index contributed by atoms with van der Waals surface area (Å²) in [6, 6.07) is 14.4. The van der Waals surface area contributed by atoms with Gasteiger partial charge in [0.05, 0.1) is 10.9 Å². The van der Waals surface area contributed by atoms with Gasteiger partial charge < -0.3 is 10.6 Å². The van der Waals surface area contributed by atoms with Crippen LogP contribution in [0.25, 0.3) is 0 Å². The van der Waals surface area contributed by atoms with Crippen molar-refractivity contribution >= 4 is 10.0 Å². The molecule has 1 aliphatic heterocycles. The van der Waals surface area contributed by atoms with Crippen LogP contribution in [0.2, 0.25) is 0 Å². The van der Waals surface area contributed by atoms with Crippen LogP contribution < -0.4 is 15.8 Å². The van der Waals surface area contributed by atoms with Crippen molar-refractivity contribution in [1.82, 2.24) is 10.6 Å². The first-order valence-corrected chi connectivity index (χ1v) is 12.7. The highest BCUT2D eigenvalue weighted by molar-refractivity contribution is 7.89. The van der Waals surface area contributed by atoms with Crippen LogP contribution in [0.4, 0.5) is 0 Å². The molecule has 0 radical (unpaired) electrons. The van der Waals surface area contributed by atoms with E-state index in [-0.39, 0.29) is 10.9 Å². The van der Waals surface area contributed by atoms with Gasteiger partial charge in [-0.2, -0.15) is 0 Å². The van der Waals surface area contributed by atoms with Gasteiger partial charge in [-0.1, -0.05) is 56.0 Å². The molecule has 1 heterocycles. The smallest absolute Gasteiger partial charge is 0.238 e. The van der Waals surface area contributed by atoms with Crippen molar-refractivity contribution in [3.8, 4) is 0 Å². The molecule has 0 aromatic heterocycles. The first kappa shape index (κ1) is 21.5. The second-order valence-corrected chi connectivity index (χ2v) is 10.5. The Hall–Kier alpha value is -1.73. The average Bonchev–Trinajstić information content (AvgIpc) is 3.24. The minimum absolute atomic E-state index is 0.0615. The molecule has 1 aliphatic carbocycles. The summed E-state index contributed by atoms with van der Waals surface area (Å²) in [5.74, 6) is 0.877. The summed E-state index contributed by atoms with van der Waals surface area (Å²) in [5, 5.41) is 12.7. The van der Waals surface area contributed by atoms with Gasteiger partial charge in [-0.05, 0) is 60.1 Å². The molecule has 0 spiro atoms. The highest BCUT2D eigenvalue weighted by atomic mass is 32.2. The van der Waals surface area contributed by atoms with Crippen molar-refractivity contribution in [3.63, 3.8) is 0 Å². The zero-order valence-corrected chi connectivity index (χ0v) is 18.5. The molecule has 1 fully saturated rings. The second kappa shape index (κ2) is 9.18. The van der Waals surface area contributed by atoms with Crippen molar-refractivity contribution in [2.75, 3.05) is 6.54 Å². The third-order valence-electron chi connectivity index (χ3n) is 6.67. The Morgan fingerprint density at radius 2 is 1.90 bits per heavy atom. The van der Waals surface area contributed by atoms with Crippen LogP contribution in [0.15, 0.2) is 47.4 Å². The molecular weight excluding hydrogens is 394 g/mol. The standard InChI is InChI=1S/C24H33N3O2S/c1-17(14-18-6-2-3-7-18)27-16-20-8-4-5-9-22(20)24-23-11-10-21(30(25,28)29)15-19(23)12-13-26-24/h4-5,8-11,15,17-18,24,26-27H,2-3,6-7,12-14,16H2,1H3,(H2,25,28,29)/t17-,24?/m0/s1. The first-order valence-electron chi connectivity index (χ1n) is 11.1. The van der Waals surface area contributed by atoms with E-state index in [2.05, 4.69) is 41.8 Å². The number of hydrogen-bond donors (Lipinski definition) is 3. The fourth-order valence-electron chi connectivity index (χ4n) is 5.09. The highest BCUT2D eigenvalue weighted by Crippen LogP contribution is 2.32. The largest absolute Gasteiger partial charge is 0.310 e. The number of hydrogen-bond acceptors (Lipinski definition) is 4. The number of fused-ring (bicyclic) bond motifs is 1. The first-order chi connectivity index (χ1) is 14.4. The van der Waals surface area contributed by atoms with E-state index in [1.807, 2.05) is 6.07 Å². The molecule has 1 saturated carbocycles. The van der Waals surface area contributed by atoms with Crippen LogP contribution in [0.1, 0.15) is 67.3 Å². The van der Waals surface area contributed by atoms with Crippen molar-refractivity contribution in [1.29, 1.82) is 0 Å². The van der Waals surface area contributed by atoms with Gasteiger partial charge in [0.25, 0.3) is 0 Å². The lowest BCUT2D eigenvalue weighted by Crippen LogP contribution is -2.33. The van der Waals surface area contributed by atoms with Gasteiger partial charge in [0, 0.05) is 19.1 Å². The molecule has 0 saturated heterocycles. The lowest BCUT2D eigenvalue weighted by molar-refractivity contribution is 0.403. The van der Waals surface area contributed by atoms with E-state index in [4.69, 9.17) is 5.14 Å². The molecule has 1 unspecified atom stereocenters. The van der Waals surface area contributed by atoms with E-state index >= 15 is 0 Å². The topological polar surface area (TPSA) is 84.2 Å². The second-order valence-electron chi connectivity index (χ2n) is 8.91. The predicted octanol–water partition coefficient (Wildman–Crippen LogP) is 3.63. The van der Waals surface area contributed by atoms with Crippen LogP contribution in [0.3, 0.4) is 0 Å². The van der Waals surface area contributed by atoms with E-state index in [9.17, 15) is 8.42 Å². The molecule has 162 valence electrons. The van der Waals surface area contributed by atoms with Gasteiger partial charge in [-0.25, -0.2) is 13.6 Å². The zero-order valence-electron chi connectivity index (χ0n) is 17.7. The predicted molar refractivity (Wildman–Crippen MR) is 121 cm³/mol. The summed E-state index contributed by atoms with van der Waals surface area (Å²) in [7, 11) is -3.69. The third-order valence-corrected chi connectivity index (χ3v) is 7.58. The molecule has 2 atom stereocenters. The molecule has 4 rings (SSSR count). The number of nitrogens with one attached hydrogen (secondary N) is 2. The summed E-state index contributed by atoms with van der Waals surface area (Å²) in [5.41, 5.74) is 4.74. The third kappa shape index (κ3) is 4.94. The quantitative estimate of drug-likeness (QED) is 0.630. The minimum atomic E-state index is -3.69. The number of benzene rings is 2. The Bertz CT molecular complexity index is 984. The summed E-state index contributed by atoms with van der Waals surface area (Å²) >= 11 is 0. The Labute approximate surface area is 180 Å². The van der Waals surface area contributed by atoms with Crippen LogP contribution >= 0.6 is 0 Å². The van der Waals surface area contributed by atoms with Gasteiger partial charge in [-0.3, -0.25) is 0 Å². The molecule has 6 heteroatoms. The summed E-state index contributed by atoms with van der Waals surface area (Å²) in [6.45, 7) is 3.95. The maximum Gasteiger partial charge on any atom is 0.238 e. The Balaban J connectivity index is 1.53. The molecule has 4 N–H and O–H groups in total. The van der Waals surface area contributed by atoms with E-state index in [1.54, 1.807) is 12.1 Å². The molecule has 2 aliphatic rings. The number of primary sulfonamides is 1. The van der Waals surface area contributed by atoms with Crippen LogP contribution in [0, 0.1) is 5.92 Å². The lowest BCUT2D eigenvalue weighted by atomic mass is 9.87. The maximum absolute atomic E-state index is 11.8. The summed E-state index contributed by atoms with van der Waals surface area (Å²) in [6.07, 6.45) is 7.59. The van der Waals surface area contributed by atoms with Crippen LogP contribution in [-0.2, 0) is 23.0 Å². The van der Waals surface area contributed by atoms with E-state index < -0.39 is 10.0 Å². The highest BCUT2D eigenvalue weighted by Gasteiger charge is 2.25. The lowest BCUT2D eigenvalue weighted by Gasteiger charge is -2.29. The van der Waals surface area contributed by atoms with Gasteiger partial charge in [0.2, 0.25) is 10.0 Å². The van der Waals surface area contributed by atoms with Crippen LogP contribution in [-0.4, -0.2) is 21.0 Å². The summed E-state index contributed by atoms with van der Waals surface area (Å²) < 4.78 is 23.5. The van der Waals surface area contributed by atoms with Gasteiger partial charge in [0.1, 0.15) is 0 Å². The zero-order chi connectivity index (χ0) is 21.1. The minimum Gasteiger partial charge on any atom is -0.310 e. The molecule has 30 heavy (non-hydrogen) atoms. The van der Waals surface area contributed by atoms with Gasteiger partial charge >= 0.3 is 0 Å². The van der Waals surface area contributed by atoms with Gasteiger partial charge in [-0.15, -0.1) is 0 Å². The van der Waals surface area contributed by atoms with Crippen LogP contribution in [0.5, 0.6) is 0 Å². The molecule has 2 aromatic rings. The van der Waals surface area contributed by atoms with Crippen molar-refractivity contribution in [2.45, 2.75) is 69.0 Å². The number of rotatable bonds is 7. The van der Waals surface area contributed by atoms with E-state index in [1.165, 1.54) is 43.2 Å². The fraction of sp³-hybridized carbons (Fsp3) is 0.500.